The van der Waals surface area contributed by atoms with E-state index in [-0.39, 0.29) is 0 Å². The molecule has 0 rings (SSSR count). The summed E-state index contributed by atoms with van der Waals surface area (Å²) in [6.07, 6.45) is 3.69. The van der Waals surface area contributed by atoms with Gasteiger partial charge in [-0.15, -0.1) is 11.6 Å². The Bertz CT molecular complexity index is 123. The van der Waals surface area contributed by atoms with Crippen LogP contribution >= 0.6 is 11.6 Å². The van der Waals surface area contributed by atoms with Gasteiger partial charge < -0.3 is 5.32 Å². The molecular formula is C12H26ClN. The van der Waals surface area contributed by atoms with Crippen LogP contribution in [-0.2, 0) is 0 Å². The van der Waals surface area contributed by atoms with Crippen LogP contribution in [0.15, 0.2) is 0 Å². The molecule has 0 radical (unpaired) electrons. The maximum Gasteiger partial charge on any atom is 0.0463 e. The van der Waals surface area contributed by atoms with E-state index in [0.29, 0.717) is 11.3 Å². The van der Waals surface area contributed by atoms with Gasteiger partial charge in [-0.05, 0) is 37.6 Å². The highest BCUT2D eigenvalue weighted by molar-refractivity contribution is 6.20. The molecule has 0 amide bonds. The van der Waals surface area contributed by atoms with E-state index in [0.717, 1.165) is 25.4 Å². The van der Waals surface area contributed by atoms with Crippen LogP contribution in [-0.4, -0.2) is 18.5 Å². The topological polar surface area (TPSA) is 12.0 Å². The van der Waals surface area contributed by atoms with Gasteiger partial charge >= 0.3 is 0 Å². The van der Waals surface area contributed by atoms with Gasteiger partial charge in [-0.2, -0.15) is 0 Å². The third-order valence-electron chi connectivity index (χ3n) is 2.23. The van der Waals surface area contributed by atoms with Gasteiger partial charge in [0.2, 0.25) is 0 Å². The molecule has 86 valence electrons. The largest absolute Gasteiger partial charge is 0.315 e. The van der Waals surface area contributed by atoms with Crippen molar-refractivity contribution in [2.45, 2.75) is 52.3 Å². The number of hydrogen-bond acceptors (Lipinski definition) is 1. The van der Waals surface area contributed by atoms with Crippen molar-refractivity contribution < 1.29 is 0 Å². The first-order valence-electron chi connectivity index (χ1n) is 5.87. The minimum absolute atomic E-state index is 0.300. The van der Waals surface area contributed by atoms with Crippen LogP contribution in [0.5, 0.6) is 0 Å². The Hall–Kier alpha value is 0.250. The molecule has 0 aliphatic heterocycles. The molecule has 0 fully saturated rings. The van der Waals surface area contributed by atoms with Crippen LogP contribution in [0.4, 0.5) is 0 Å². The number of rotatable bonds is 8. The molecule has 0 heterocycles. The lowest BCUT2D eigenvalue weighted by Crippen LogP contribution is -2.25. The van der Waals surface area contributed by atoms with Crippen molar-refractivity contribution in [3.63, 3.8) is 0 Å². The summed E-state index contributed by atoms with van der Waals surface area (Å²) in [6, 6.07) is 0. The summed E-state index contributed by atoms with van der Waals surface area (Å²) in [5.41, 5.74) is 0. The maximum absolute atomic E-state index is 6.15. The molecule has 0 aromatic rings. The minimum Gasteiger partial charge on any atom is -0.315 e. The van der Waals surface area contributed by atoms with E-state index >= 15 is 0 Å². The van der Waals surface area contributed by atoms with Gasteiger partial charge in [0.05, 0.1) is 0 Å². The van der Waals surface area contributed by atoms with E-state index in [4.69, 9.17) is 11.6 Å². The molecule has 0 spiro atoms. The predicted octanol–water partition coefficient (Wildman–Crippen LogP) is 3.67. The van der Waals surface area contributed by atoms with Crippen LogP contribution in [0.1, 0.15) is 47.0 Å². The smallest absolute Gasteiger partial charge is 0.0463 e. The summed E-state index contributed by atoms with van der Waals surface area (Å²) in [6.45, 7) is 11.0. The van der Waals surface area contributed by atoms with E-state index in [1.54, 1.807) is 0 Å². The number of hydrogen-bond donors (Lipinski definition) is 1. The van der Waals surface area contributed by atoms with Crippen molar-refractivity contribution in [3.05, 3.63) is 0 Å². The summed E-state index contributed by atoms with van der Waals surface area (Å²) in [4.78, 5) is 0. The first-order valence-corrected chi connectivity index (χ1v) is 6.30. The molecule has 0 saturated carbocycles. The molecule has 1 atom stereocenters. The van der Waals surface area contributed by atoms with Crippen molar-refractivity contribution in [3.8, 4) is 0 Å². The number of halogens is 1. The SMILES string of the molecule is CC(C)CCCNCC(Cl)CC(C)C. The molecule has 0 bridgehead atoms. The van der Waals surface area contributed by atoms with Crippen molar-refractivity contribution in [2.24, 2.45) is 11.8 Å². The van der Waals surface area contributed by atoms with E-state index in [1.165, 1.54) is 12.8 Å². The molecule has 1 N–H and O–H groups in total. The average molecular weight is 220 g/mol. The normalized spacial score (nSPS) is 13.9. The van der Waals surface area contributed by atoms with Gasteiger partial charge in [-0.25, -0.2) is 0 Å². The average Bonchev–Trinajstić information content (AvgIpc) is 2.01. The summed E-state index contributed by atoms with van der Waals surface area (Å²) in [5.74, 6) is 1.52. The third kappa shape index (κ3) is 10.3. The second-order valence-electron chi connectivity index (χ2n) is 4.97. The molecule has 0 saturated heterocycles. The fraction of sp³-hybridized carbons (Fsp3) is 1.00. The van der Waals surface area contributed by atoms with Gasteiger partial charge in [0, 0.05) is 11.9 Å². The highest BCUT2D eigenvalue weighted by Gasteiger charge is 2.06. The second kappa shape index (κ2) is 8.55. The molecule has 14 heavy (non-hydrogen) atoms. The quantitative estimate of drug-likeness (QED) is 0.485. The Labute approximate surface area is 94.6 Å². The van der Waals surface area contributed by atoms with Crippen LogP contribution in [0, 0.1) is 11.8 Å². The van der Waals surface area contributed by atoms with Crippen molar-refractivity contribution >= 4 is 11.6 Å². The Balaban J connectivity index is 3.19. The molecule has 0 aromatic carbocycles. The molecule has 1 nitrogen and oxygen atoms in total. The lowest BCUT2D eigenvalue weighted by molar-refractivity contribution is 0.502. The van der Waals surface area contributed by atoms with E-state index in [1.807, 2.05) is 0 Å². The zero-order valence-corrected chi connectivity index (χ0v) is 10.9. The molecule has 0 aliphatic rings. The van der Waals surface area contributed by atoms with Gasteiger partial charge in [-0.3, -0.25) is 0 Å². The third-order valence-corrected chi connectivity index (χ3v) is 2.56. The molecular weight excluding hydrogens is 194 g/mol. The Morgan fingerprint density at radius 2 is 1.71 bits per heavy atom. The standard InChI is InChI=1S/C12H26ClN/c1-10(2)6-5-7-14-9-12(13)8-11(3)4/h10-12,14H,5-9H2,1-4H3. The van der Waals surface area contributed by atoms with Crippen LogP contribution in [0.2, 0.25) is 0 Å². The fourth-order valence-electron chi connectivity index (χ4n) is 1.49. The second-order valence-corrected chi connectivity index (χ2v) is 5.58. The van der Waals surface area contributed by atoms with E-state index in [2.05, 4.69) is 33.0 Å². The highest BCUT2D eigenvalue weighted by Crippen LogP contribution is 2.09. The van der Waals surface area contributed by atoms with Gasteiger partial charge in [-0.1, -0.05) is 27.7 Å². The van der Waals surface area contributed by atoms with Gasteiger partial charge in [0.1, 0.15) is 0 Å². The fourth-order valence-corrected chi connectivity index (χ4v) is 1.95. The number of nitrogens with one attached hydrogen (secondary N) is 1. The van der Waals surface area contributed by atoms with Crippen LogP contribution < -0.4 is 5.32 Å². The van der Waals surface area contributed by atoms with Crippen molar-refractivity contribution in [1.29, 1.82) is 0 Å². The molecule has 0 aromatic heterocycles. The first-order chi connectivity index (χ1) is 6.52. The molecule has 0 aliphatic carbocycles. The van der Waals surface area contributed by atoms with Crippen molar-refractivity contribution in [2.75, 3.05) is 13.1 Å². The summed E-state index contributed by atoms with van der Waals surface area (Å²) in [5, 5.41) is 3.71. The van der Waals surface area contributed by atoms with Gasteiger partial charge in [0.15, 0.2) is 0 Å². The van der Waals surface area contributed by atoms with Crippen molar-refractivity contribution in [1.82, 2.24) is 5.32 Å². The Morgan fingerprint density at radius 3 is 2.21 bits per heavy atom. The number of alkyl halides is 1. The lowest BCUT2D eigenvalue weighted by atomic mass is 10.1. The van der Waals surface area contributed by atoms with Gasteiger partial charge in [0.25, 0.3) is 0 Å². The summed E-state index contributed by atoms with van der Waals surface area (Å²) in [7, 11) is 0. The maximum atomic E-state index is 6.15. The Morgan fingerprint density at radius 1 is 1.07 bits per heavy atom. The Kier molecular flexibility index (Phi) is 8.70. The molecule has 2 heteroatoms. The highest BCUT2D eigenvalue weighted by atomic mass is 35.5. The zero-order valence-electron chi connectivity index (χ0n) is 10.1. The monoisotopic (exact) mass is 219 g/mol. The predicted molar refractivity (Wildman–Crippen MR) is 66.0 cm³/mol. The summed E-state index contributed by atoms with van der Waals surface area (Å²) < 4.78 is 0. The summed E-state index contributed by atoms with van der Waals surface area (Å²) >= 11 is 6.15. The molecule has 1 unspecified atom stereocenters. The van der Waals surface area contributed by atoms with E-state index < -0.39 is 0 Å². The van der Waals surface area contributed by atoms with E-state index in [9.17, 15) is 0 Å². The first kappa shape index (κ1) is 14.2. The lowest BCUT2D eigenvalue weighted by Gasteiger charge is -2.13. The van der Waals surface area contributed by atoms with Crippen LogP contribution in [0.25, 0.3) is 0 Å². The van der Waals surface area contributed by atoms with Crippen LogP contribution in [0.3, 0.4) is 0 Å². The minimum atomic E-state index is 0.300. The zero-order chi connectivity index (χ0) is 11.0.